The number of nitrogens with zero attached hydrogens (tertiary/aromatic N) is 4. The van der Waals surface area contributed by atoms with Gasteiger partial charge in [-0.1, -0.05) is 42.1 Å². The van der Waals surface area contributed by atoms with E-state index in [0.29, 0.717) is 48.7 Å². The predicted octanol–water partition coefficient (Wildman–Crippen LogP) is 2.93. The highest BCUT2D eigenvalue weighted by atomic mass is 32.2. The van der Waals surface area contributed by atoms with Crippen LogP contribution in [-0.4, -0.2) is 57.1 Å². The lowest BCUT2D eigenvalue weighted by molar-refractivity contribution is -0.135. The van der Waals surface area contributed by atoms with Crippen LogP contribution in [0.3, 0.4) is 0 Å². The molecule has 28 heavy (non-hydrogen) atoms. The lowest BCUT2D eigenvalue weighted by Crippen LogP contribution is -2.45. The maximum Gasteiger partial charge on any atom is 0.233 e. The van der Waals surface area contributed by atoms with Crippen molar-refractivity contribution in [3.8, 4) is 11.6 Å². The summed E-state index contributed by atoms with van der Waals surface area (Å²) in [5, 5.41) is 9.33. The number of thioether (sulfide) groups is 1. The maximum atomic E-state index is 12.6. The van der Waals surface area contributed by atoms with Crippen LogP contribution in [0.25, 0.3) is 11.6 Å². The van der Waals surface area contributed by atoms with Crippen molar-refractivity contribution >= 4 is 17.7 Å². The molecule has 146 valence electrons. The molecule has 0 radical (unpaired) electrons. The van der Waals surface area contributed by atoms with E-state index in [2.05, 4.69) is 22.3 Å². The van der Waals surface area contributed by atoms with Crippen LogP contribution in [0.1, 0.15) is 12.5 Å². The first-order valence-electron chi connectivity index (χ1n) is 9.24. The summed E-state index contributed by atoms with van der Waals surface area (Å²) in [5.41, 5.74) is 1.13. The average molecular weight is 398 g/mol. The van der Waals surface area contributed by atoms with Gasteiger partial charge in [0.05, 0.1) is 31.3 Å². The van der Waals surface area contributed by atoms with Gasteiger partial charge in [0.15, 0.2) is 10.9 Å². The highest BCUT2D eigenvalue weighted by Gasteiger charge is 2.23. The third-order valence-corrected chi connectivity index (χ3v) is 5.51. The Balaban J connectivity index is 1.52. The summed E-state index contributed by atoms with van der Waals surface area (Å²) in [4.78, 5) is 14.4. The summed E-state index contributed by atoms with van der Waals surface area (Å²) < 4.78 is 13.0. The van der Waals surface area contributed by atoms with E-state index in [4.69, 9.17) is 9.15 Å². The van der Waals surface area contributed by atoms with Crippen LogP contribution in [0.5, 0.6) is 0 Å². The number of rotatable bonds is 6. The van der Waals surface area contributed by atoms with Gasteiger partial charge in [0.1, 0.15) is 0 Å². The van der Waals surface area contributed by atoms with Gasteiger partial charge in [-0.2, -0.15) is 0 Å². The number of carbonyl (C=O) groups excluding carboxylic acids is 1. The molecule has 1 unspecified atom stereocenters. The molecule has 2 aromatic heterocycles. The Morgan fingerprint density at radius 1 is 1.21 bits per heavy atom. The van der Waals surface area contributed by atoms with Crippen molar-refractivity contribution in [3.05, 3.63) is 54.3 Å². The lowest BCUT2D eigenvalue weighted by atomic mass is 10.2. The topological polar surface area (TPSA) is 73.4 Å². The molecular formula is C20H22N4O3S. The molecule has 0 bridgehead atoms. The molecule has 0 N–H and O–H groups in total. The molecule has 1 amide bonds. The predicted molar refractivity (Wildman–Crippen MR) is 106 cm³/mol. The fourth-order valence-corrected chi connectivity index (χ4v) is 4.00. The number of amides is 1. The Morgan fingerprint density at radius 2 is 2.07 bits per heavy atom. The third-order valence-electron chi connectivity index (χ3n) is 4.56. The number of carbonyl (C=O) groups is 1. The molecule has 1 saturated heterocycles. The van der Waals surface area contributed by atoms with Gasteiger partial charge in [-0.25, -0.2) is 0 Å². The molecule has 1 aliphatic rings. The number of benzene rings is 1. The van der Waals surface area contributed by atoms with E-state index >= 15 is 0 Å². The summed E-state index contributed by atoms with van der Waals surface area (Å²) in [5.74, 6) is 1.72. The highest BCUT2D eigenvalue weighted by Crippen LogP contribution is 2.26. The quantitative estimate of drug-likeness (QED) is 0.595. The Labute approximate surface area is 167 Å². The van der Waals surface area contributed by atoms with Crippen molar-refractivity contribution in [3.63, 3.8) is 0 Å². The molecule has 0 aliphatic carbocycles. The standard InChI is InChI=1S/C20H22N4O3S/c1-15-12-23(9-11-26-15)18(25)14-28-20-22-21-19(17-8-5-10-27-17)24(20)13-16-6-3-2-4-7-16/h2-8,10,15H,9,11-14H2,1H3. The van der Waals surface area contributed by atoms with Crippen LogP contribution in [0.4, 0.5) is 0 Å². The van der Waals surface area contributed by atoms with Crippen molar-refractivity contribution in [1.82, 2.24) is 19.7 Å². The van der Waals surface area contributed by atoms with Crippen molar-refractivity contribution < 1.29 is 13.9 Å². The minimum atomic E-state index is 0.0787. The molecular weight excluding hydrogens is 376 g/mol. The molecule has 1 aliphatic heterocycles. The van der Waals surface area contributed by atoms with Gasteiger partial charge in [-0.15, -0.1) is 10.2 Å². The molecule has 1 aromatic carbocycles. The van der Waals surface area contributed by atoms with Crippen molar-refractivity contribution in [2.45, 2.75) is 24.7 Å². The smallest absolute Gasteiger partial charge is 0.233 e. The van der Waals surface area contributed by atoms with Gasteiger partial charge in [0.25, 0.3) is 0 Å². The number of hydrogen-bond donors (Lipinski definition) is 0. The Morgan fingerprint density at radius 3 is 2.82 bits per heavy atom. The zero-order valence-electron chi connectivity index (χ0n) is 15.7. The summed E-state index contributed by atoms with van der Waals surface area (Å²) in [6.07, 6.45) is 1.70. The van der Waals surface area contributed by atoms with Crippen LogP contribution >= 0.6 is 11.8 Å². The number of morpholine rings is 1. The molecule has 7 nitrogen and oxygen atoms in total. The van der Waals surface area contributed by atoms with Crippen LogP contribution in [0.15, 0.2) is 58.3 Å². The van der Waals surface area contributed by atoms with E-state index in [-0.39, 0.29) is 12.0 Å². The van der Waals surface area contributed by atoms with E-state index < -0.39 is 0 Å². The van der Waals surface area contributed by atoms with Crippen LogP contribution in [0, 0.1) is 0 Å². The number of ether oxygens (including phenoxy) is 1. The summed E-state index contributed by atoms with van der Waals surface area (Å²) in [6.45, 7) is 4.45. The molecule has 3 aromatic rings. The molecule has 1 atom stereocenters. The highest BCUT2D eigenvalue weighted by molar-refractivity contribution is 7.99. The molecule has 0 saturated carbocycles. The number of aromatic nitrogens is 3. The average Bonchev–Trinajstić information content (AvgIpc) is 3.37. The molecule has 4 rings (SSSR count). The van der Waals surface area contributed by atoms with Crippen molar-refractivity contribution in [2.75, 3.05) is 25.4 Å². The zero-order valence-corrected chi connectivity index (χ0v) is 16.5. The molecule has 8 heteroatoms. The number of hydrogen-bond acceptors (Lipinski definition) is 6. The SMILES string of the molecule is CC1CN(C(=O)CSc2nnc(-c3ccco3)n2Cc2ccccc2)CCO1. The Bertz CT molecular complexity index is 911. The van der Waals surface area contributed by atoms with Crippen molar-refractivity contribution in [2.24, 2.45) is 0 Å². The van der Waals surface area contributed by atoms with E-state index in [0.717, 1.165) is 5.56 Å². The second kappa shape index (κ2) is 8.62. The number of furan rings is 1. The summed E-state index contributed by atoms with van der Waals surface area (Å²) in [7, 11) is 0. The normalized spacial score (nSPS) is 17.0. The monoisotopic (exact) mass is 398 g/mol. The van der Waals surface area contributed by atoms with Crippen LogP contribution in [-0.2, 0) is 16.1 Å². The minimum Gasteiger partial charge on any atom is -0.461 e. The summed E-state index contributed by atoms with van der Waals surface area (Å²) in [6, 6.07) is 13.8. The maximum absolute atomic E-state index is 12.6. The molecule has 0 spiro atoms. The minimum absolute atomic E-state index is 0.0787. The second-order valence-electron chi connectivity index (χ2n) is 6.67. The fourth-order valence-electron chi connectivity index (χ4n) is 3.15. The first-order valence-corrected chi connectivity index (χ1v) is 10.2. The second-order valence-corrected chi connectivity index (χ2v) is 7.61. The van der Waals surface area contributed by atoms with Crippen LogP contribution < -0.4 is 0 Å². The van der Waals surface area contributed by atoms with E-state index in [1.54, 1.807) is 6.26 Å². The third kappa shape index (κ3) is 4.28. The summed E-state index contributed by atoms with van der Waals surface area (Å²) >= 11 is 1.40. The molecule has 1 fully saturated rings. The van der Waals surface area contributed by atoms with Gasteiger partial charge in [0, 0.05) is 13.1 Å². The van der Waals surface area contributed by atoms with E-state index in [1.165, 1.54) is 11.8 Å². The van der Waals surface area contributed by atoms with E-state index in [9.17, 15) is 4.79 Å². The molecule has 3 heterocycles. The van der Waals surface area contributed by atoms with Gasteiger partial charge < -0.3 is 14.1 Å². The van der Waals surface area contributed by atoms with Gasteiger partial charge in [-0.05, 0) is 24.6 Å². The Hall–Kier alpha value is -2.58. The van der Waals surface area contributed by atoms with Crippen LogP contribution in [0.2, 0.25) is 0 Å². The van der Waals surface area contributed by atoms with Gasteiger partial charge in [0.2, 0.25) is 11.7 Å². The van der Waals surface area contributed by atoms with E-state index in [1.807, 2.05) is 46.7 Å². The largest absolute Gasteiger partial charge is 0.461 e. The van der Waals surface area contributed by atoms with Gasteiger partial charge >= 0.3 is 0 Å². The zero-order chi connectivity index (χ0) is 19.3. The Kier molecular flexibility index (Phi) is 5.78. The first kappa shape index (κ1) is 18.8. The van der Waals surface area contributed by atoms with Crippen molar-refractivity contribution in [1.29, 1.82) is 0 Å². The van der Waals surface area contributed by atoms with Gasteiger partial charge in [-0.3, -0.25) is 9.36 Å². The first-order chi connectivity index (χ1) is 13.7. The fraction of sp³-hybridized carbons (Fsp3) is 0.350. The lowest BCUT2D eigenvalue weighted by Gasteiger charge is -2.31.